The summed E-state index contributed by atoms with van der Waals surface area (Å²) >= 11 is 1.13. The van der Waals surface area contributed by atoms with E-state index in [4.69, 9.17) is 0 Å². The summed E-state index contributed by atoms with van der Waals surface area (Å²) in [5.74, 6) is -1.87. The summed E-state index contributed by atoms with van der Waals surface area (Å²) in [6.45, 7) is 3.82. The van der Waals surface area contributed by atoms with Crippen molar-refractivity contribution in [3.63, 3.8) is 0 Å². The highest BCUT2D eigenvalue weighted by molar-refractivity contribution is 7.98. The number of fused-ring (bicyclic) bond motifs is 1. The van der Waals surface area contributed by atoms with Crippen LogP contribution in [-0.4, -0.2) is 21.8 Å². The summed E-state index contributed by atoms with van der Waals surface area (Å²) in [5.41, 5.74) is 2.63. The van der Waals surface area contributed by atoms with E-state index in [2.05, 4.69) is 20.6 Å². The summed E-state index contributed by atoms with van der Waals surface area (Å²) < 4.78 is 13.9. The zero-order chi connectivity index (χ0) is 22.8. The number of rotatable bonds is 5. The van der Waals surface area contributed by atoms with Crippen molar-refractivity contribution in [2.24, 2.45) is 0 Å². The Morgan fingerprint density at radius 3 is 2.75 bits per heavy atom. The number of aryl methyl sites for hydroxylation is 2. The number of anilines is 2. The number of H-pyrrole nitrogens is 1. The van der Waals surface area contributed by atoms with Crippen molar-refractivity contribution in [1.82, 2.24) is 9.97 Å². The van der Waals surface area contributed by atoms with Gasteiger partial charge >= 0.3 is 0 Å². The predicted octanol–water partition coefficient (Wildman–Crippen LogP) is 3.88. The van der Waals surface area contributed by atoms with Crippen LogP contribution in [0.15, 0.2) is 52.4 Å². The van der Waals surface area contributed by atoms with Gasteiger partial charge in [0.25, 0.3) is 5.56 Å². The van der Waals surface area contributed by atoms with Crippen LogP contribution in [0, 0.1) is 19.7 Å². The van der Waals surface area contributed by atoms with E-state index >= 15 is 0 Å². The van der Waals surface area contributed by atoms with Gasteiger partial charge in [0.05, 0.1) is 11.5 Å². The standard InChI is InChI=1S/C23H21FN4O3S/c1-12-7-8-17(13(2)9-12)25-21(30)15-10-18(29)26-20-19(15)22(31)28-23(27-20)32-11-14-5-3-4-6-16(14)24/h3-9,15H,10-11H2,1-2H3,(H,25,30)(H2,26,27,28,29,31). The van der Waals surface area contributed by atoms with Crippen LogP contribution < -0.4 is 16.2 Å². The lowest BCUT2D eigenvalue weighted by atomic mass is 9.92. The molecule has 3 N–H and O–H groups in total. The van der Waals surface area contributed by atoms with Crippen LogP contribution in [0.3, 0.4) is 0 Å². The highest BCUT2D eigenvalue weighted by Gasteiger charge is 2.35. The molecule has 0 radical (unpaired) electrons. The lowest BCUT2D eigenvalue weighted by Gasteiger charge is -2.24. The van der Waals surface area contributed by atoms with Crippen molar-refractivity contribution in [3.05, 3.63) is 80.9 Å². The Morgan fingerprint density at radius 2 is 2.00 bits per heavy atom. The second-order valence-electron chi connectivity index (χ2n) is 7.63. The fourth-order valence-corrected chi connectivity index (χ4v) is 4.43. The molecule has 2 heterocycles. The number of amides is 2. The van der Waals surface area contributed by atoms with Crippen LogP contribution in [0.4, 0.5) is 15.9 Å². The van der Waals surface area contributed by atoms with Gasteiger partial charge in [0, 0.05) is 17.9 Å². The first-order valence-corrected chi connectivity index (χ1v) is 11.0. The maximum atomic E-state index is 13.9. The average molecular weight is 453 g/mol. The molecular formula is C23H21FN4O3S. The molecule has 0 spiro atoms. The lowest BCUT2D eigenvalue weighted by Crippen LogP contribution is -2.36. The van der Waals surface area contributed by atoms with Crippen molar-refractivity contribution < 1.29 is 14.0 Å². The number of nitrogens with zero attached hydrogens (tertiary/aromatic N) is 1. The minimum Gasteiger partial charge on any atom is -0.325 e. The van der Waals surface area contributed by atoms with E-state index in [1.165, 1.54) is 6.07 Å². The first-order chi connectivity index (χ1) is 15.3. The maximum absolute atomic E-state index is 13.9. The van der Waals surface area contributed by atoms with Crippen molar-refractivity contribution >= 4 is 35.1 Å². The second kappa shape index (κ2) is 8.96. The molecule has 2 aromatic carbocycles. The van der Waals surface area contributed by atoms with Gasteiger partial charge in [-0.05, 0) is 37.1 Å². The second-order valence-corrected chi connectivity index (χ2v) is 8.59. The Bertz CT molecular complexity index is 1270. The summed E-state index contributed by atoms with van der Waals surface area (Å²) in [6, 6.07) is 11.9. The normalized spacial score (nSPS) is 15.1. The highest BCUT2D eigenvalue weighted by Crippen LogP contribution is 2.31. The third-order valence-electron chi connectivity index (χ3n) is 5.21. The van der Waals surface area contributed by atoms with Crippen LogP contribution in [-0.2, 0) is 15.3 Å². The molecule has 1 aromatic heterocycles. The zero-order valence-corrected chi connectivity index (χ0v) is 18.3. The summed E-state index contributed by atoms with van der Waals surface area (Å²) in [4.78, 5) is 45.0. The smallest absolute Gasteiger partial charge is 0.257 e. The van der Waals surface area contributed by atoms with Gasteiger partial charge in [0.15, 0.2) is 5.16 Å². The van der Waals surface area contributed by atoms with Crippen LogP contribution in [0.5, 0.6) is 0 Å². The number of hydrogen-bond donors (Lipinski definition) is 3. The van der Waals surface area contributed by atoms with Crippen LogP contribution >= 0.6 is 11.8 Å². The Hall–Kier alpha value is -3.46. The summed E-state index contributed by atoms with van der Waals surface area (Å²) in [6.07, 6.45) is -0.157. The molecule has 2 amide bonds. The number of hydrogen-bond acceptors (Lipinski definition) is 5. The largest absolute Gasteiger partial charge is 0.325 e. The number of aromatic amines is 1. The molecule has 1 aliphatic rings. The van der Waals surface area contributed by atoms with E-state index in [1.54, 1.807) is 24.3 Å². The van der Waals surface area contributed by atoms with E-state index in [0.29, 0.717) is 11.3 Å². The molecular weight excluding hydrogens is 431 g/mol. The fraction of sp³-hybridized carbons (Fsp3) is 0.217. The number of aromatic nitrogens is 2. The topological polar surface area (TPSA) is 104 Å². The van der Waals surface area contributed by atoms with Crippen LogP contribution in [0.25, 0.3) is 0 Å². The van der Waals surface area contributed by atoms with E-state index < -0.39 is 23.3 Å². The zero-order valence-electron chi connectivity index (χ0n) is 17.5. The number of carbonyl (C=O) groups excluding carboxylic acids is 2. The Balaban J connectivity index is 1.59. The van der Waals surface area contributed by atoms with Crippen molar-refractivity contribution in [3.8, 4) is 0 Å². The SMILES string of the molecule is Cc1ccc(NC(=O)C2CC(=O)Nc3nc(SCc4ccccc4F)[nH]c(=O)c32)c(C)c1. The van der Waals surface area contributed by atoms with Gasteiger partial charge in [-0.2, -0.15) is 0 Å². The van der Waals surface area contributed by atoms with E-state index in [9.17, 15) is 18.8 Å². The van der Waals surface area contributed by atoms with E-state index in [1.807, 2.05) is 26.0 Å². The third kappa shape index (κ3) is 4.57. The molecule has 9 heteroatoms. The highest BCUT2D eigenvalue weighted by atomic mass is 32.2. The molecule has 7 nitrogen and oxygen atoms in total. The van der Waals surface area contributed by atoms with Gasteiger partial charge in [0.2, 0.25) is 11.8 Å². The lowest BCUT2D eigenvalue weighted by molar-refractivity contribution is -0.123. The van der Waals surface area contributed by atoms with Crippen LogP contribution in [0.2, 0.25) is 0 Å². The Kier molecular flexibility index (Phi) is 6.09. The Morgan fingerprint density at radius 1 is 1.22 bits per heavy atom. The molecule has 164 valence electrons. The molecule has 4 rings (SSSR count). The molecule has 3 aromatic rings. The number of thioether (sulfide) groups is 1. The minimum atomic E-state index is -0.971. The van der Waals surface area contributed by atoms with E-state index in [0.717, 1.165) is 22.9 Å². The molecule has 0 fully saturated rings. The molecule has 32 heavy (non-hydrogen) atoms. The van der Waals surface area contributed by atoms with Crippen molar-refractivity contribution in [1.29, 1.82) is 0 Å². The molecule has 1 atom stereocenters. The predicted molar refractivity (Wildman–Crippen MR) is 121 cm³/mol. The number of nitrogens with one attached hydrogen (secondary N) is 3. The molecule has 0 aliphatic carbocycles. The fourth-order valence-electron chi connectivity index (χ4n) is 3.58. The quantitative estimate of drug-likeness (QED) is 0.403. The van der Waals surface area contributed by atoms with Crippen molar-refractivity contribution in [2.75, 3.05) is 10.6 Å². The van der Waals surface area contributed by atoms with Crippen LogP contribution in [0.1, 0.15) is 34.6 Å². The van der Waals surface area contributed by atoms with Gasteiger partial charge in [0.1, 0.15) is 11.6 Å². The van der Waals surface area contributed by atoms with Gasteiger partial charge in [-0.15, -0.1) is 0 Å². The van der Waals surface area contributed by atoms with Gasteiger partial charge in [-0.3, -0.25) is 14.4 Å². The first-order valence-electron chi connectivity index (χ1n) is 10.00. The monoisotopic (exact) mass is 452 g/mol. The number of carbonyl (C=O) groups is 2. The summed E-state index contributed by atoms with van der Waals surface area (Å²) in [5, 5.41) is 5.63. The van der Waals surface area contributed by atoms with Gasteiger partial charge in [-0.25, -0.2) is 9.37 Å². The first kappa shape index (κ1) is 21.8. The third-order valence-corrected chi connectivity index (χ3v) is 6.13. The molecule has 0 saturated carbocycles. The summed E-state index contributed by atoms with van der Waals surface area (Å²) in [7, 11) is 0. The molecule has 1 aliphatic heterocycles. The van der Waals surface area contributed by atoms with Crippen molar-refractivity contribution in [2.45, 2.75) is 37.1 Å². The van der Waals surface area contributed by atoms with E-state index in [-0.39, 0.29) is 34.5 Å². The number of benzene rings is 2. The molecule has 1 unspecified atom stereocenters. The minimum absolute atomic E-state index is 0.0572. The molecule has 0 bridgehead atoms. The average Bonchev–Trinajstić information content (AvgIpc) is 2.74. The molecule has 0 saturated heterocycles. The van der Waals surface area contributed by atoms with Gasteiger partial charge < -0.3 is 15.6 Å². The van der Waals surface area contributed by atoms with Gasteiger partial charge in [-0.1, -0.05) is 47.7 Å². The maximum Gasteiger partial charge on any atom is 0.257 e. The number of halogens is 1. The Labute approximate surface area is 187 Å².